The standard InChI is InChI=1S/C21H24ClN3O4S/c1-14(10-11-30(2,27)28)25-21(26)20-23-12-16(13-24-20)29-19(15-6-5-7-15)17-8-3-4-9-18(17)22/h3-4,8-15,19H,5-7H2,1-2H3,(H,25,26)/b11-10+/t14-,19+/m1/s1. The van der Waals surface area contributed by atoms with Gasteiger partial charge in [0, 0.05) is 34.2 Å². The van der Waals surface area contributed by atoms with Crippen LogP contribution in [0.1, 0.15) is 48.5 Å². The van der Waals surface area contributed by atoms with Crippen molar-refractivity contribution in [2.75, 3.05) is 6.26 Å². The predicted octanol–water partition coefficient (Wildman–Crippen LogP) is 3.73. The summed E-state index contributed by atoms with van der Waals surface area (Å²) < 4.78 is 28.5. The molecule has 1 aliphatic rings. The Hall–Kier alpha value is -2.45. The summed E-state index contributed by atoms with van der Waals surface area (Å²) in [5.41, 5.74) is 0.928. The number of hydrogen-bond acceptors (Lipinski definition) is 6. The molecule has 0 spiro atoms. The van der Waals surface area contributed by atoms with Crippen molar-refractivity contribution in [3.63, 3.8) is 0 Å². The summed E-state index contributed by atoms with van der Waals surface area (Å²) in [4.78, 5) is 20.4. The molecule has 1 aliphatic carbocycles. The lowest BCUT2D eigenvalue weighted by molar-refractivity contribution is 0.0829. The van der Waals surface area contributed by atoms with Gasteiger partial charge < -0.3 is 10.1 Å². The van der Waals surface area contributed by atoms with Crippen LogP contribution in [0, 0.1) is 5.92 Å². The zero-order valence-electron chi connectivity index (χ0n) is 16.8. The van der Waals surface area contributed by atoms with Gasteiger partial charge in [0.2, 0.25) is 5.82 Å². The Morgan fingerprint density at radius 2 is 1.93 bits per heavy atom. The van der Waals surface area contributed by atoms with Gasteiger partial charge in [-0.3, -0.25) is 4.79 Å². The van der Waals surface area contributed by atoms with Gasteiger partial charge in [-0.15, -0.1) is 0 Å². The molecule has 1 fully saturated rings. The van der Waals surface area contributed by atoms with Crippen molar-refractivity contribution in [3.8, 4) is 5.75 Å². The maximum absolute atomic E-state index is 12.3. The molecule has 0 bridgehead atoms. The van der Waals surface area contributed by atoms with Gasteiger partial charge in [-0.1, -0.05) is 42.3 Å². The molecule has 1 saturated carbocycles. The number of amides is 1. The number of carbonyl (C=O) groups is 1. The number of aromatic nitrogens is 2. The molecule has 160 valence electrons. The first-order valence-corrected chi connectivity index (χ1v) is 12.0. The highest BCUT2D eigenvalue weighted by Gasteiger charge is 2.31. The van der Waals surface area contributed by atoms with E-state index in [0.717, 1.165) is 36.5 Å². The number of sulfone groups is 1. The molecule has 0 unspecified atom stereocenters. The molecule has 0 radical (unpaired) electrons. The molecule has 1 heterocycles. The van der Waals surface area contributed by atoms with Crippen LogP contribution in [0.2, 0.25) is 5.02 Å². The fourth-order valence-electron chi connectivity index (χ4n) is 3.08. The number of halogens is 1. The number of nitrogens with one attached hydrogen (secondary N) is 1. The van der Waals surface area contributed by atoms with E-state index in [1.807, 2.05) is 24.3 Å². The molecule has 3 rings (SSSR count). The second-order valence-electron chi connectivity index (χ2n) is 7.41. The largest absolute Gasteiger partial charge is 0.482 e. The van der Waals surface area contributed by atoms with E-state index < -0.39 is 21.8 Å². The molecular weight excluding hydrogens is 426 g/mol. The Bertz CT molecular complexity index is 1020. The third-order valence-electron chi connectivity index (χ3n) is 4.86. The smallest absolute Gasteiger partial charge is 0.289 e. The van der Waals surface area contributed by atoms with Gasteiger partial charge in [0.05, 0.1) is 12.4 Å². The number of benzene rings is 1. The minimum absolute atomic E-state index is 0.0279. The Morgan fingerprint density at radius 3 is 2.50 bits per heavy atom. The number of ether oxygens (including phenoxy) is 1. The van der Waals surface area contributed by atoms with Crippen molar-refractivity contribution >= 4 is 27.3 Å². The fraction of sp³-hybridized carbons (Fsp3) is 0.381. The summed E-state index contributed by atoms with van der Waals surface area (Å²) in [5, 5.41) is 4.33. The lowest BCUT2D eigenvalue weighted by atomic mass is 9.78. The molecule has 2 atom stereocenters. The van der Waals surface area contributed by atoms with Crippen LogP contribution in [0.3, 0.4) is 0 Å². The van der Waals surface area contributed by atoms with E-state index in [2.05, 4.69) is 15.3 Å². The highest BCUT2D eigenvalue weighted by molar-refractivity contribution is 7.93. The predicted molar refractivity (Wildman–Crippen MR) is 115 cm³/mol. The monoisotopic (exact) mass is 449 g/mol. The summed E-state index contributed by atoms with van der Waals surface area (Å²) in [6.45, 7) is 1.66. The molecule has 2 aromatic rings. The van der Waals surface area contributed by atoms with Crippen molar-refractivity contribution in [3.05, 3.63) is 64.6 Å². The first kappa shape index (κ1) is 22.2. The van der Waals surface area contributed by atoms with E-state index >= 15 is 0 Å². The molecule has 7 nitrogen and oxygen atoms in total. The second kappa shape index (κ2) is 9.57. The minimum Gasteiger partial charge on any atom is -0.482 e. The van der Waals surface area contributed by atoms with Crippen LogP contribution in [0.25, 0.3) is 0 Å². The van der Waals surface area contributed by atoms with Crippen LogP contribution in [0.5, 0.6) is 5.75 Å². The van der Waals surface area contributed by atoms with Crippen LogP contribution in [-0.4, -0.2) is 36.6 Å². The van der Waals surface area contributed by atoms with Crippen molar-refractivity contribution in [2.45, 2.75) is 38.3 Å². The Labute approximate surface area is 181 Å². The molecule has 1 aromatic carbocycles. The Kier molecular flexibility index (Phi) is 7.10. The summed E-state index contributed by atoms with van der Waals surface area (Å²) in [7, 11) is -3.26. The molecule has 1 N–H and O–H groups in total. The normalized spacial score (nSPS) is 16.6. The zero-order valence-corrected chi connectivity index (χ0v) is 18.4. The highest BCUT2D eigenvalue weighted by atomic mass is 35.5. The number of hydrogen-bond donors (Lipinski definition) is 1. The Morgan fingerprint density at radius 1 is 1.27 bits per heavy atom. The van der Waals surface area contributed by atoms with E-state index in [0.29, 0.717) is 16.7 Å². The quantitative estimate of drug-likeness (QED) is 0.659. The topological polar surface area (TPSA) is 98.2 Å². The van der Waals surface area contributed by atoms with Crippen LogP contribution < -0.4 is 10.1 Å². The summed E-state index contributed by atoms with van der Waals surface area (Å²) in [5.74, 6) is 0.289. The van der Waals surface area contributed by atoms with Gasteiger partial charge in [-0.2, -0.15) is 0 Å². The lowest BCUT2D eigenvalue weighted by Gasteiger charge is -2.34. The maximum atomic E-state index is 12.3. The number of carbonyl (C=O) groups excluding carboxylic acids is 1. The van der Waals surface area contributed by atoms with Gasteiger partial charge >= 0.3 is 0 Å². The third kappa shape index (κ3) is 6.03. The maximum Gasteiger partial charge on any atom is 0.289 e. The van der Waals surface area contributed by atoms with Crippen molar-refractivity contribution in [1.82, 2.24) is 15.3 Å². The van der Waals surface area contributed by atoms with E-state index in [4.69, 9.17) is 16.3 Å². The van der Waals surface area contributed by atoms with E-state index in [1.165, 1.54) is 18.5 Å². The van der Waals surface area contributed by atoms with Crippen molar-refractivity contribution < 1.29 is 17.9 Å². The van der Waals surface area contributed by atoms with Gasteiger partial charge in [0.25, 0.3) is 5.91 Å². The van der Waals surface area contributed by atoms with Crippen LogP contribution in [0.15, 0.2) is 48.1 Å². The van der Waals surface area contributed by atoms with Gasteiger partial charge in [-0.25, -0.2) is 18.4 Å². The van der Waals surface area contributed by atoms with E-state index in [9.17, 15) is 13.2 Å². The summed E-state index contributed by atoms with van der Waals surface area (Å²) >= 11 is 6.37. The van der Waals surface area contributed by atoms with Crippen molar-refractivity contribution in [2.24, 2.45) is 5.92 Å². The van der Waals surface area contributed by atoms with Gasteiger partial charge in [0.15, 0.2) is 15.6 Å². The van der Waals surface area contributed by atoms with Gasteiger partial charge in [0.1, 0.15) is 6.10 Å². The molecule has 1 aromatic heterocycles. The lowest BCUT2D eigenvalue weighted by Crippen LogP contribution is -2.32. The summed E-state index contributed by atoms with van der Waals surface area (Å²) in [6, 6.07) is 7.12. The summed E-state index contributed by atoms with van der Waals surface area (Å²) in [6.07, 6.45) is 8.49. The highest BCUT2D eigenvalue weighted by Crippen LogP contribution is 2.42. The van der Waals surface area contributed by atoms with Gasteiger partial charge in [-0.05, 0) is 25.8 Å². The molecule has 30 heavy (non-hydrogen) atoms. The minimum atomic E-state index is -3.26. The molecule has 0 aliphatic heterocycles. The fourth-order valence-corrected chi connectivity index (χ4v) is 3.85. The Balaban J connectivity index is 1.67. The molecule has 1 amide bonds. The average molecular weight is 450 g/mol. The van der Waals surface area contributed by atoms with Crippen LogP contribution in [0.4, 0.5) is 0 Å². The molecule has 0 saturated heterocycles. The number of nitrogens with zero attached hydrogens (tertiary/aromatic N) is 2. The van der Waals surface area contributed by atoms with Crippen LogP contribution >= 0.6 is 11.6 Å². The zero-order chi connectivity index (χ0) is 21.7. The number of rotatable bonds is 8. The van der Waals surface area contributed by atoms with E-state index in [1.54, 1.807) is 6.92 Å². The average Bonchev–Trinajstić information content (AvgIpc) is 2.65. The molecular formula is C21H24ClN3O4S. The first-order chi connectivity index (χ1) is 14.2. The molecule has 9 heteroatoms. The first-order valence-electron chi connectivity index (χ1n) is 9.65. The SMILES string of the molecule is C[C@H](/C=C/S(C)(=O)=O)NC(=O)c1ncc(O[C@H](c2ccccc2Cl)C2CCC2)cn1. The third-order valence-corrected chi connectivity index (χ3v) is 5.85. The van der Waals surface area contributed by atoms with Crippen molar-refractivity contribution in [1.29, 1.82) is 0 Å². The second-order valence-corrected chi connectivity index (χ2v) is 9.75. The van der Waals surface area contributed by atoms with Crippen LogP contribution in [-0.2, 0) is 9.84 Å². The van der Waals surface area contributed by atoms with E-state index in [-0.39, 0.29) is 11.9 Å².